The van der Waals surface area contributed by atoms with Crippen molar-refractivity contribution >= 4 is 21.8 Å². The van der Waals surface area contributed by atoms with E-state index in [9.17, 15) is 22.7 Å². The molecule has 2 heterocycles. The maximum Gasteiger partial charge on any atom is 0.425 e. The van der Waals surface area contributed by atoms with Crippen LogP contribution >= 0.6 is 0 Å². The van der Waals surface area contributed by atoms with Gasteiger partial charge >= 0.3 is 6.18 Å². The van der Waals surface area contributed by atoms with Gasteiger partial charge in [-0.3, -0.25) is 0 Å². The second kappa shape index (κ2) is 7.18. The van der Waals surface area contributed by atoms with Crippen molar-refractivity contribution in [2.45, 2.75) is 25.6 Å². The minimum atomic E-state index is -4.99. The van der Waals surface area contributed by atoms with Crippen LogP contribution in [0.4, 0.5) is 17.6 Å². The fourth-order valence-corrected chi connectivity index (χ4v) is 4.40. The largest absolute Gasteiger partial charge is 0.425 e. The van der Waals surface area contributed by atoms with Gasteiger partial charge in [0.1, 0.15) is 5.82 Å². The van der Waals surface area contributed by atoms with E-state index in [1.165, 1.54) is 60.3 Å². The van der Waals surface area contributed by atoms with E-state index in [-0.39, 0.29) is 16.8 Å². The lowest BCUT2D eigenvalue weighted by molar-refractivity contribution is -0.248. The van der Waals surface area contributed by atoms with Crippen molar-refractivity contribution in [1.82, 2.24) is 14.8 Å². The minimum absolute atomic E-state index is 0.223. The summed E-state index contributed by atoms with van der Waals surface area (Å²) in [5, 5.41) is 16.3. The molecule has 8 heteroatoms. The first-order valence-corrected chi connectivity index (χ1v) is 10.2. The van der Waals surface area contributed by atoms with E-state index in [0.29, 0.717) is 27.5 Å². The molecule has 0 aliphatic heterocycles. The van der Waals surface area contributed by atoms with Gasteiger partial charge in [0.15, 0.2) is 0 Å². The fraction of sp³-hybridized carbons (Fsp3) is 0.160. The van der Waals surface area contributed by atoms with Crippen molar-refractivity contribution in [3.05, 3.63) is 95.1 Å². The van der Waals surface area contributed by atoms with Gasteiger partial charge in [0.25, 0.3) is 0 Å². The Morgan fingerprint density at radius 3 is 2.36 bits per heavy atom. The van der Waals surface area contributed by atoms with Gasteiger partial charge in [0.05, 0.1) is 17.4 Å². The van der Waals surface area contributed by atoms with Crippen molar-refractivity contribution in [1.29, 1.82) is 0 Å². The van der Waals surface area contributed by atoms with Gasteiger partial charge in [-0.2, -0.15) is 18.3 Å². The second-order valence-electron chi connectivity index (χ2n) is 8.19. The summed E-state index contributed by atoms with van der Waals surface area (Å²) in [6, 6.07) is 14.8. The van der Waals surface area contributed by atoms with Crippen LogP contribution in [0.2, 0.25) is 0 Å². The van der Waals surface area contributed by atoms with E-state index in [1.807, 2.05) is 0 Å². The van der Waals surface area contributed by atoms with Crippen LogP contribution in [0.15, 0.2) is 66.9 Å². The second-order valence-corrected chi connectivity index (χ2v) is 8.19. The number of nitrogens with one attached hydrogen (secondary N) is 1. The summed E-state index contributed by atoms with van der Waals surface area (Å²) in [4.78, 5) is 2.96. The summed E-state index contributed by atoms with van der Waals surface area (Å²) < 4.78 is 58.4. The number of rotatable bonds is 3. The first kappa shape index (κ1) is 21.2. The molecule has 0 saturated heterocycles. The Morgan fingerprint density at radius 2 is 1.67 bits per heavy atom. The third-order valence-corrected chi connectivity index (χ3v) is 5.97. The Kier molecular flexibility index (Phi) is 4.61. The zero-order valence-electron chi connectivity index (χ0n) is 17.7. The SMILES string of the molecule is Cc1ccc2[nH]c(C)c(C(O)(c3ccc4c(cnn4-c4ccc(F)cc4)c3)C(F)(F)F)c2c1. The molecular formula is C25H19F4N3O. The lowest BCUT2D eigenvalue weighted by atomic mass is 9.83. The van der Waals surface area contributed by atoms with E-state index in [0.717, 1.165) is 5.56 Å². The Labute approximate surface area is 186 Å². The van der Waals surface area contributed by atoms with Crippen LogP contribution in [0.1, 0.15) is 22.4 Å². The molecule has 0 radical (unpaired) electrons. The lowest BCUT2D eigenvalue weighted by Gasteiger charge is -2.32. The molecule has 4 nitrogen and oxygen atoms in total. The average molecular weight is 453 g/mol. The molecule has 168 valence electrons. The van der Waals surface area contributed by atoms with E-state index >= 15 is 0 Å². The Morgan fingerprint density at radius 1 is 0.939 bits per heavy atom. The normalized spacial score (nSPS) is 14.2. The molecule has 2 N–H and O–H groups in total. The smallest absolute Gasteiger partial charge is 0.372 e. The number of nitrogens with zero attached hydrogens (tertiary/aromatic N) is 2. The number of fused-ring (bicyclic) bond motifs is 2. The number of aromatic nitrogens is 3. The fourth-order valence-electron chi connectivity index (χ4n) is 4.40. The highest BCUT2D eigenvalue weighted by atomic mass is 19.4. The summed E-state index contributed by atoms with van der Waals surface area (Å²) in [6.07, 6.45) is -3.57. The van der Waals surface area contributed by atoms with Crippen molar-refractivity contribution in [2.24, 2.45) is 0 Å². The number of aromatic amines is 1. The number of aryl methyl sites for hydroxylation is 2. The van der Waals surface area contributed by atoms with Crippen LogP contribution in [0, 0.1) is 19.7 Å². The van der Waals surface area contributed by atoms with Crippen LogP contribution < -0.4 is 0 Å². The van der Waals surface area contributed by atoms with Gasteiger partial charge in [0.2, 0.25) is 5.60 Å². The van der Waals surface area contributed by atoms with Crippen molar-refractivity contribution < 1.29 is 22.7 Å². The highest BCUT2D eigenvalue weighted by molar-refractivity contribution is 5.88. The number of aliphatic hydroxyl groups is 1. The Balaban J connectivity index is 1.73. The topological polar surface area (TPSA) is 53.8 Å². The van der Waals surface area contributed by atoms with Crippen molar-refractivity contribution in [2.75, 3.05) is 0 Å². The third-order valence-electron chi connectivity index (χ3n) is 5.97. The van der Waals surface area contributed by atoms with Crippen LogP contribution in [-0.2, 0) is 5.60 Å². The van der Waals surface area contributed by atoms with Gasteiger partial charge in [-0.05, 0) is 67.9 Å². The van der Waals surface area contributed by atoms with Crippen LogP contribution in [0.5, 0.6) is 0 Å². The molecule has 1 atom stereocenters. The predicted octanol–water partition coefficient (Wildman–Crippen LogP) is 6.06. The summed E-state index contributed by atoms with van der Waals surface area (Å²) >= 11 is 0. The molecule has 0 aliphatic carbocycles. The number of H-pyrrole nitrogens is 1. The van der Waals surface area contributed by atoms with E-state index in [1.54, 1.807) is 25.1 Å². The molecule has 5 aromatic rings. The monoisotopic (exact) mass is 453 g/mol. The molecule has 0 amide bonds. The molecule has 2 aromatic heterocycles. The van der Waals surface area contributed by atoms with Crippen LogP contribution in [0.3, 0.4) is 0 Å². The highest BCUT2D eigenvalue weighted by Gasteiger charge is 2.58. The standard InChI is InChI=1S/C25H19F4N3O/c1-14-3-9-21-20(11-14)23(15(2)31-21)24(33,25(27,28)29)17-4-10-22-16(12-17)13-30-32(22)19-7-5-18(26)6-8-19/h3-13,31,33H,1-2H3. The summed E-state index contributed by atoms with van der Waals surface area (Å²) in [5.41, 5.74) is -1.16. The van der Waals surface area contributed by atoms with Crippen LogP contribution in [-0.4, -0.2) is 26.0 Å². The number of alkyl halides is 3. The first-order valence-electron chi connectivity index (χ1n) is 10.2. The summed E-state index contributed by atoms with van der Waals surface area (Å²) in [5.74, 6) is -0.405. The lowest BCUT2D eigenvalue weighted by Crippen LogP contribution is -2.43. The molecule has 33 heavy (non-hydrogen) atoms. The number of hydrogen-bond acceptors (Lipinski definition) is 2. The number of halogens is 4. The third kappa shape index (κ3) is 3.21. The van der Waals surface area contributed by atoms with Crippen molar-refractivity contribution in [3.63, 3.8) is 0 Å². The minimum Gasteiger partial charge on any atom is -0.372 e. The van der Waals surface area contributed by atoms with E-state index in [4.69, 9.17) is 0 Å². The van der Waals surface area contributed by atoms with Gasteiger partial charge in [-0.25, -0.2) is 9.07 Å². The summed E-state index contributed by atoms with van der Waals surface area (Å²) in [7, 11) is 0. The predicted molar refractivity (Wildman–Crippen MR) is 118 cm³/mol. The molecule has 0 aliphatic rings. The number of benzene rings is 3. The van der Waals surface area contributed by atoms with Gasteiger partial charge in [-0.15, -0.1) is 0 Å². The van der Waals surface area contributed by atoms with E-state index in [2.05, 4.69) is 10.1 Å². The quantitative estimate of drug-likeness (QED) is 0.326. The van der Waals surface area contributed by atoms with Gasteiger partial charge in [-0.1, -0.05) is 17.7 Å². The molecule has 5 rings (SSSR count). The van der Waals surface area contributed by atoms with Gasteiger partial charge in [0, 0.05) is 27.5 Å². The maximum atomic E-state index is 14.5. The maximum absolute atomic E-state index is 14.5. The zero-order chi connectivity index (χ0) is 23.5. The first-order chi connectivity index (χ1) is 15.6. The van der Waals surface area contributed by atoms with Gasteiger partial charge < -0.3 is 10.1 Å². The molecule has 0 bridgehead atoms. The average Bonchev–Trinajstić information content (AvgIpc) is 3.32. The summed E-state index contributed by atoms with van der Waals surface area (Å²) in [6.45, 7) is 3.31. The highest BCUT2D eigenvalue weighted by Crippen LogP contribution is 2.48. The van der Waals surface area contributed by atoms with Crippen LogP contribution in [0.25, 0.3) is 27.5 Å². The Hall–Kier alpha value is -3.65. The zero-order valence-corrected chi connectivity index (χ0v) is 17.7. The molecule has 1 unspecified atom stereocenters. The molecular weight excluding hydrogens is 434 g/mol. The molecule has 0 spiro atoms. The van der Waals surface area contributed by atoms with Crippen molar-refractivity contribution in [3.8, 4) is 5.69 Å². The number of hydrogen-bond donors (Lipinski definition) is 2. The molecule has 3 aromatic carbocycles. The Bertz CT molecular complexity index is 1500. The van der Waals surface area contributed by atoms with E-state index < -0.39 is 17.6 Å². The molecule has 0 fully saturated rings. The molecule has 0 saturated carbocycles.